The largest absolute Gasteiger partial charge is 0.474 e. The molecule has 0 bridgehead atoms. The number of methoxy groups -OCH3 is 7. The van der Waals surface area contributed by atoms with Crippen molar-refractivity contribution in [3.63, 3.8) is 0 Å². The summed E-state index contributed by atoms with van der Waals surface area (Å²) in [5.74, 6) is -0.139. The maximum Gasteiger partial charge on any atom is 0.408 e. The zero-order valence-corrected chi connectivity index (χ0v) is 75.6. The van der Waals surface area contributed by atoms with Crippen LogP contribution in [-0.2, 0) is 67.0 Å². The van der Waals surface area contributed by atoms with Crippen LogP contribution in [0, 0.1) is 0 Å². The van der Waals surface area contributed by atoms with E-state index in [-0.39, 0.29) is 155 Å². The van der Waals surface area contributed by atoms with Crippen molar-refractivity contribution in [3.05, 3.63) is 0 Å². The Morgan fingerprint density at radius 2 is 0.420 bits per heavy atom. The van der Waals surface area contributed by atoms with Crippen LogP contribution in [0.5, 0.6) is 0 Å². The number of hydrogen-bond donors (Lipinski definition) is 0. The van der Waals surface area contributed by atoms with Crippen molar-refractivity contribution in [2.75, 3.05) is 285 Å². The van der Waals surface area contributed by atoms with Crippen LogP contribution < -0.4 is 0 Å². The zero-order chi connectivity index (χ0) is 84.6. The molecule has 8 amide bonds. The number of sulfone groups is 1. The second kappa shape index (κ2) is 147. The number of ketones is 1. The topological polar surface area (TPSA) is 312 Å². The number of thiocarbonyl (C=S) groups is 3. The molecule has 0 saturated heterocycles. The highest BCUT2D eigenvalue weighted by Crippen LogP contribution is 1.98. The standard InChI is InChI=1S/C5H12N2O.C5H12N2S.2C4H9NO2.4C4H9NOS.2C4H9NO.C3H9N.2C3H6O2.C3H6O.C2H6O2S.C2H6O.C2H6S.13CH4/c2*1-6(2)5(8)7(3)4;4*1-5(2)4(6)7-3;2*1-5(2)4(7)6-3;2*1-4(6)5(2)3;1-4(2)3;2*1-3(4)5-2;1-3(2)4;1-5(2,3)4;2*1-3-2;;;;;;;;;;;;;/h2*1-4H3;6*1-3H3;2*1-3H3;1-3H3;2*1-2H3;1-2H3;1-2H3;2*1-2H3;13*1H4. The summed E-state index contributed by atoms with van der Waals surface area (Å²) in [7, 11) is 57.4. The number of esters is 2. The number of amides is 8. The summed E-state index contributed by atoms with van der Waals surface area (Å²) in [4.78, 5) is 122. The molecule has 0 saturated carbocycles. The van der Waals surface area contributed by atoms with Gasteiger partial charge >= 0.3 is 30.2 Å². The zero-order valence-electron chi connectivity index (χ0n) is 69.9. The van der Waals surface area contributed by atoms with Gasteiger partial charge in [0.15, 0.2) is 5.11 Å². The lowest BCUT2D eigenvalue weighted by Gasteiger charge is -2.20. The van der Waals surface area contributed by atoms with Crippen molar-refractivity contribution < 1.29 is 89.5 Å². The molecule has 706 valence electrons. The SMILES string of the molecule is C.C.C.C.C.C.C.C.C.C.C.C.C.CC(=O)N(C)C.CC(=O)N(C)C.CC(C)=O.CN(C)C.CN(C)C(=O)N(C)C.CN(C)C(=S)N(C)C.COC.COC(=O)N(C)C.COC(=O)N(C)C.COC(=S)N(C)C.COC(=S)N(C)C.COC(C)=O.COC(C)=O.CS(C)(=O)=O.CSC.CSC(=O)N(C)C.CSC(=O)N(C)C. The maximum atomic E-state index is 10.7. The van der Waals surface area contributed by atoms with Gasteiger partial charge in [-0.1, -0.05) is 120 Å². The minimum atomic E-state index is -2.67. The Hall–Kier alpha value is -5.71. The Bertz CT molecular complexity index is 1840. The molecule has 0 fully saturated rings. The molecule has 39 heteroatoms. The Balaban J connectivity index is -0.0000000227. The Kier molecular flexibility index (Phi) is 266. The lowest BCUT2D eigenvalue weighted by Crippen LogP contribution is -2.33. The Morgan fingerprint density at radius 1 is 0.286 bits per heavy atom. The van der Waals surface area contributed by atoms with Crippen molar-refractivity contribution in [2.45, 2.75) is 138 Å². The number of rotatable bonds is 0. The minimum absolute atomic E-state index is 0. The molecule has 0 aliphatic carbocycles. The number of nitrogens with zero attached hydrogens (tertiary/aromatic N) is 13. The van der Waals surface area contributed by atoms with E-state index in [2.05, 4.69) is 57.6 Å². The average molecular weight is 1780 g/mol. The quantitative estimate of drug-likeness (QED) is 0.124. The molecule has 0 spiro atoms. The van der Waals surface area contributed by atoms with E-state index in [0.717, 1.165) is 17.6 Å². The fraction of sp³-hybridized carbons (Fsp3) is 0.822. The van der Waals surface area contributed by atoms with Crippen LogP contribution in [0.25, 0.3) is 0 Å². The molecule has 0 heterocycles. The number of carbonyl (C=O) groups is 10. The summed E-state index contributed by atoms with van der Waals surface area (Å²) in [5.41, 5.74) is 0. The monoisotopic (exact) mass is 1780 g/mol. The summed E-state index contributed by atoms with van der Waals surface area (Å²) in [6.45, 7) is 8.83. The van der Waals surface area contributed by atoms with Gasteiger partial charge in [-0.2, -0.15) is 11.8 Å². The van der Waals surface area contributed by atoms with Crippen LogP contribution in [0.4, 0.5) is 24.0 Å². The van der Waals surface area contributed by atoms with Gasteiger partial charge in [0.25, 0.3) is 20.8 Å². The van der Waals surface area contributed by atoms with Crippen LogP contribution in [-0.4, -0.2) is 431 Å². The van der Waals surface area contributed by atoms with E-state index in [1.807, 2.05) is 105 Å². The van der Waals surface area contributed by atoms with Gasteiger partial charge in [-0.15, -0.1) is 0 Å². The molecule has 112 heavy (non-hydrogen) atoms. The number of ether oxygens (including phenoxy) is 7. The van der Waals surface area contributed by atoms with Crippen molar-refractivity contribution in [1.82, 2.24) is 63.7 Å². The van der Waals surface area contributed by atoms with Crippen LogP contribution >= 0.6 is 71.9 Å². The molecule has 0 unspecified atom stereocenters. The van der Waals surface area contributed by atoms with Crippen molar-refractivity contribution in [1.29, 1.82) is 0 Å². The van der Waals surface area contributed by atoms with Gasteiger partial charge in [0.2, 0.25) is 11.8 Å². The first-order valence-electron chi connectivity index (χ1n) is 28.1. The summed E-state index contributed by atoms with van der Waals surface area (Å²) in [5, 5.41) is 2.07. The third-order valence-electron chi connectivity index (χ3n) is 6.60. The first-order valence-corrected chi connectivity index (χ1v) is 35.7. The molecule has 0 aromatic rings. The first kappa shape index (κ1) is 202. The lowest BCUT2D eigenvalue weighted by molar-refractivity contribution is -0.138. The highest BCUT2D eigenvalue weighted by molar-refractivity contribution is 8.13. The van der Waals surface area contributed by atoms with Crippen LogP contribution in [0.15, 0.2) is 0 Å². The highest BCUT2D eigenvalue weighted by Gasteiger charge is 2.03. The molecule has 0 aromatic heterocycles. The minimum Gasteiger partial charge on any atom is -0.474 e. The van der Waals surface area contributed by atoms with Crippen molar-refractivity contribution >= 4 is 155 Å². The van der Waals surface area contributed by atoms with Gasteiger partial charge in [-0.3, -0.25) is 28.8 Å². The van der Waals surface area contributed by atoms with E-state index in [4.69, 9.17) is 12.2 Å². The fourth-order valence-electron chi connectivity index (χ4n) is 1.90. The van der Waals surface area contributed by atoms with E-state index in [1.165, 1.54) is 123 Å². The number of hydrogen-bond acceptors (Lipinski definition) is 26. The van der Waals surface area contributed by atoms with Crippen molar-refractivity contribution in [3.8, 4) is 0 Å². The molecule has 0 aromatic carbocycles. The fourth-order valence-corrected chi connectivity index (χ4v) is 2.63. The number of thioether (sulfide) groups is 3. The maximum absolute atomic E-state index is 10.7. The van der Waals surface area contributed by atoms with E-state index in [9.17, 15) is 56.4 Å². The van der Waals surface area contributed by atoms with E-state index in [1.54, 1.807) is 185 Å². The van der Waals surface area contributed by atoms with Crippen molar-refractivity contribution in [2.24, 2.45) is 0 Å². The number of carbonyl (C=O) groups excluding carboxylic acids is 10. The molecule has 0 N–H and O–H groups in total. The molecule has 0 atom stereocenters. The summed E-state index contributed by atoms with van der Waals surface area (Å²) in [6, 6.07) is 0.0185. The highest BCUT2D eigenvalue weighted by atomic mass is 32.2. The smallest absolute Gasteiger partial charge is 0.408 e. The second-order valence-electron chi connectivity index (χ2n) is 20.8. The number of urea groups is 1. The van der Waals surface area contributed by atoms with Crippen LogP contribution in [0.3, 0.4) is 0 Å². The van der Waals surface area contributed by atoms with E-state index >= 15 is 0 Å². The Morgan fingerprint density at radius 3 is 0.420 bits per heavy atom. The normalized spacial score (nSPS) is 7.07. The predicted molar refractivity (Wildman–Crippen MR) is 517 cm³/mol. The van der Waals surface area contributed by atoms with Gasteiger partial charge in [-0.05, 0) is 96.7 Å². The second-order valence-corrected chi connectivity index (χ2v) is 26.4. The van der Waals surface area contributed by atoms with Gasteiger partial charge in [-0.25, -0.2) is 22.8 Å². The molecule has 32 nitrogen and oxygen atoms in total. The molecule has 0 aliphatic rings. The molecule has 0 aliphatic heterocycles. The summed E-state index contributed by atoms with van der Waals surface area (Å²) >= 11 is 18.5. The van der Waals surface area contributed by atoms with Gasteiger partial charge in [0.05, 0.1) is 42.7 Å². The van der Waals surface area contributed by atoms with Gasteiger partial charge < -0.3 is 102 Å². The van der Waals surface area contributed by atoms with Gasteiger partial charge in [0.1, 0.15) is 15.6 Å². The third-order valence-corrected chi connectivity index (χ3v) is 9.83. The first-order chi connectivity index (χ1) is 44.3. The summed E-state index contributed by atoms with van der Waals surface area (Å²) < 4.78 is 49.7. The van der Waals surface area contributed by atoms with Gasteiger partial charge in [0, 0.05) is 224 Å². The predicted octanol–water partition coefficient (Wildman–Crippen LogP) is 14.8. The summed E-state index contributed by atoms with van der Waals surface area (Å²) in [6.07, 6.45) is 9.30. The Labute approximate surface area is 727 Å². The van der Waals surface area contributed by atoms with E-state index < -0.39 is 9.84 Å². The van der Waals surface area contributed by atoms with E-state index in [0.29, 0.717) is 10.3 Å². The van der Waals surface area contributed by atoms with Crippen LogP contribution in [0.1, 0.15) is 138 Å². The van der Waals surface area contributed by atoms with Crippen LogP contribution in [0.2, 0.25) is 0 Å². The molecular formula is C73H193N13O19S7. The molecule has 0 rings (SSSR count). The molecular weight excluding hydrogens is 1590 g/mol. The lowest BCUT2D eigenvalue weighted by atomic mass is 10.6. The third kappa shape index (κ3) is 327. The molecule has 0 radical (unpaired) electrons. The number of Topliss-reactive ketones (excluding diaryl/α,β-unsaturated/α-hetero) is 1. The average Bonchev–Trinajstić information content (AvgIpc) is 3.48.